The van der Waals surface area contributed by atoms with Crippen LogP contribution in [0.1, 0.15) is 22.8 Å². The van der Waals surface area contributed by atoms with E-state index in [1.165, 1.54) is 18.2 Å². The van der Waals surface area contributed by atoms with Crippen LogP contribution in [-0.4, -0.2) is 22.5 Å². The van der Waals surface area contributed by atoms with Crippen LogP contribution < -0.4 is 5.32 Å². The Morgan fingerprint density at radius 1 is 1.56 bits per heavy atom. The molecule has 6 nitrogen and oxygen atoms in total. The molecule has 2 rings (SSSR count). The molecule has 1 heterocycles. The molecule has 1 aromatic carbocycles. The summed E-state index contributed by atoms with van der Waals surface area (Å²) in [6.45, 7) is 2.32. The summed E-state index contributed by atoms with van der Waals surface area (Å²) < 4.78 is 0. The quantitative estimate of drug-likeness (QED) is 0.546. The van der Waals surface area contributed by atoms with Gasteiger partial charge in [0.25, 0.3) is 11.6 Å². The lowest BCUT2D eigenvalue weighted by Crippen LogP contribution is -2.12. The standard InChI is InChI=1S/C8H6N2O3.C2H6O/c11-8-7-2-1-6(10(12)13)3-5(7)4-9-8;1-2-3/h1-3H,4H2,(H,9,11);3H,2H2,1H3. The highest BCUT2D eigenvalue weighted by atomic mass is 16.6. The number of benzene rings is 1. The zero-order valence-electron chi connectivity index (χ0n) is 8.77. The second kappa shape index (κ2) is 5.22. The van der Waals surface area contributed by atoms with E-state index in [1.54, 1.807) is 6.92 Å². The second-order valence-electron chi connectivity index (χ2n) is 3.10. The van der Waals surface area contributed by atoms with E-state index >= 15 is 0 Å². The Bertz CT molecular complexity index is 417. The maximum atomic E-state index is 11.1. The molecule has 0 spiro atoms. The molecule has 2 N–H and O–H groups in total. The molecule has 1 aliphatic rings. The van der Waals surface area contributed by atoms with Gasteiger partial charge in [-0.05, 0) is 18.6 Å². The second-order valence-corrected chi connectivity index (χ2v) is 3.10. The van der Waals surface area contributed by atoms with Gasteiger partial charge in [-0.25, -0.2) is 0 Å². The lowest BCUT2D eigenvalue weighted by atomic mass is 10.1. The highest BCUT2D eigenvalue weighted by Gasteiger charge is 2.20. The summed E-state index contributed by atoms with van der Waals surface area (Å²) in [6, 6.07) is 4.24. The van der Waals surface area contributed by atoms with Crippen LogP contribution in [0, 0.1) is 10.1 Å². The van der Waals surface area contributed by atoms with Gasteiger partial charge in [0.2, 0.25) is 0 Å². The Morgan fingerprint density at radius 2 is 2.19 bits per heavy atom. The number of carbonyl (C=O) groups is 1. The highest BCUT2D eigenvalue weighted by molar-refractivity contribution is 5.98. The number of amides is 1. The monoisotopic (exact) mass is 224 g/mol. The lowest BCUT2D eigenvalue weighted by Gasteiger charge is -1.94. The third kappa shape index (κ3) is 2.54. The summed E-state index contributed by atoms with van der Waals surface area (Å²) in [5, 5.41) is 20.5. The summed E-state index contributed by atoms with van der Waals surface area (Å²) in [6.07, 6.45) is 0. The van der Waals surface area contributed by atoms with Gasteiger partial charge in [-0.3, -0.25) is 14.9 Å². The summed E-state index contributed by atoms with van der Waals surface area (Å²) in [5.41, 5.74) is 1.25. The molecule has 1 aromatic rings. The normalized spacial score (nSPS) is 12.2. The molecule has 1 aliphatic heterocycles. The summed E-state index contributed by atoms with van der Waals surface area (Å²) in [5.74, 6) is -0.162. The van der Waals surface area contributed by atoms with Crippen LogP contribution in [0.3, 0.4) is 0 Å². The smallest absolute Gasteiger partial charge is 0.269 e. The Kier molecular flexibility index (Phi) is 3.96. The number of aliphatic hydroxyl groups excluding tert-OH is 1. The predicted octanol–water partition coefficient (Wildman–Crippen LogP) is 0.837. The third-order valence-electron chi connectivity index (χ3n) is 1.98. The van der Waals surface area contributed by atoms with Crippen LogP contribution in [0.15, 0.2) is 18.2 Å². The van der Waals surface area contributed by atoms with Crippen molar-refractivity contribution < 1.29 is 14.8 Å². The number of hydrogen-bond acceptors (Lipinski definition) is 4. The maximum Gasteiger partial charge on any atom is 0.269 e. The Hall–Kier alpha value is -1.95. The Balaban J connectivity index is 0.000000386. The Labute approximate surface area is 92.0 Å². The van der Waals surface area contributed by atoms with Gasteiger partial charge in [-0.1, -0.05) is 0 Å². The first kappa shape index (κ1) is 12.1. The van der Waals surface area contributed by atoms with E-state index < -0.39 is 4.92 Å². The predicted molar refractivity (Wildman–Crippen MR) is 57.0 cm³/mol. The third-order valence-corrected chi connectivity index (χ3v) is 1.98. The molecule has 86 valence electrons. The topological polar surface area (TPSA) is 92.5 Å². The van der Waals surface area contributed by atoms with Gasteiger partial charge in [0, 0.05) is 30.8 Å². The van der Waals surface area contributed by atoms with Crippen LogP contribution >= 0.6 is 0 Å². The van der Waals surface area contributed by atoms with Crippen molar-refractivity contribution in [2.75, 3.05) is 6.61 Å². The lowest BCUT2D eigenvalue weighted by molar-refractivity contribution is -0.384. The van der Waals surface area contributed by atoms with Crippen molar-refractivity contribution >= 4 is 11.6 Å². The summed E-state index contributed by atoms with van der Waals surface area (Å²) in [4.78, 5) is 21.0. The van der Waals surface area contributed by atoms with Gasteiger partial charge in [-0.15, -0.1) is 0 Å². The van der Waals surface area contributed by atoms with E-state index in [0.717, 1.165) is 0 Å². The SMILES string of the molecule is CCO.O=C1NCc2cc([N+](=O)[O-])ccc21. The van der Waals surface area contributed by atoms with Gasteiger partial charge in [0.1, 0.15) is 0 Å². The number of nitro benzene ring substituents is 1. The van der Waals surface area contributed by atoms with Crippen LogP contribution in [-0.2, 0) is 6.54 Å². The average Bonchev–Trinajstić information content (AvgIpc) is 2.61. The fraction of sp³-hybridized carbons (Fsp3) is 0.300. The molecule has 0 radical (unpaired) electrons. The number of fused-ring (bicyclic) bond motifs is 1. The Morgan fingerprint density at radius 3 is 2.75 bits per heavy atom. The molecule has 16 heavy (non-hydrogen) atoms. The first-order chi connectivity index (χ1) is 7.60. The minimum Gasteiger partial charge on any atom is -0.397 e. The van der Waals surface area contributed by atoms with Crippen molar-refractivity contribution in [3.05, 3.63) is 39.4 Å². The van der Waals surface area contributed by atoms with Crippen LogP contribution in [0.2, 0.25) is 0 Å². The van der Waals surface area contributed by atoms with Gasteiger partial charge < -0.3 is 10.4 Å². The van der Waals surface area contributed by atoms with Crippen LogP contribution in [0.25, 0.3) is 0 Å². The van der Waals surface area contributed by atoms with Crippen molar-refractivity contribution in [2.24, 2.45) is 0 Å². The number of nitrogens with zero attached hydrogens (tertiary/aromatic N) is 1. The number of aliphatic hydroxyl groups is 1. The van der Waals surface area contributed by atoms with Crippen molar-refractivity contribution in [3.63, 3.8) is 0 Å². The molecule has 0 bridgehead atoms. The molecule has 0 atom stereocenters. The average molecular weight is 224 g/mol. The summed E-state index contributed by atoms with van der Waals surface area (Å²) >= 11 is 0. The largest absolute Gasteiger partial charge is 0.397 e. The van der Waals surface area contributed by atoms with Gasteiger partial charge in [-0.2, -0.15) is 0 Å². The van der Waals surface area contributed by atoms with Crippen LogP contribution in [0.4, 0.5) is 5.69 Å². The molecule has 0 unspecified atom stereocenters. The molecular weight excluding hydrogens is 212 g/mol. The van der Waals surface area contributed by atoms with E-state index in [1.807, 2.05) is 0 Å². The van der Waals surface area contributed by atoms with E-state index in [0.29, 0.717) is 17.7 Å². The molecule has 0 aliphatic carbocycles. The molecule has 0 fully saturated rings. The molecule has 0 saturated heterocycles. The highest BCUT2D eigenvalue weighted by Crippen LogP contribution is 2.21. The van der Waals surface area contributed by atoms with Crippen molar-refractivity contribution in [1.29, 1.82) is 0 Å². The van der Waals surface area contributed by atoms with E-state index in [4.69, 9.17) is 5.11 Å². The molecule has 0 saturated carbocycles. The number of nitro groups is 1. The molecule has 0 aromatic heterocycles. The van der Waals surface area contributed by atoms with Crippen molar-refractivity contribution in [2.45, 2.75) is 13.5 Å². The van der Waals surface area contributed by atoms with E-state index in [9.17, 15) is 14.9 Å². The van der Waals surface area contributed by atoms with Crippen molar-refractivity contribution in [1.82, 2.24) is 5.32 Å². The first-order valence-electron chi connectivity index (χ1n) is 4.76. The van der Waals surface area contributed by atoms with Gasteiger partial charge in [0.15, 0.2) is 0 Å². The molecular formula is C10H12N2O4. The minimum absolute atomic E-state index is 0.0234. The number of rotatable bonds is 1. The molecule has 6 heteroatoms. The van der Waals surface area contributed by atoms with Crippen molar-refractivity contribution in [3.8, 4) is 0 Å². The van der Waals surface area contributed by atoms with Gasteiger partial charge >= 0.3 is 0 Å². The fourth-order valence-electron chi connectivity index (χ4n) is 1.33. The van der Waals surface area contributed by atoms with Gasteiger partial charge in [0.05, 0.1) is 4.92 Å². The number of carbonyl (C=O) groups excluding carboxylic acids is 1. The first-order valence-corrected chi connectivity index (χ1v) is 4.76. The van der Waals surface area contributed by atoms with E-state index in [-0.39, 0.29) is 18.2 Å². The molecule has 1 amide bonds. The summed E-state index contributed by atoms with van der Waals surface area (Å²) in [7, 11) is 0. The van der Waals surface area contributed by atoms with E-state index in [2.05, 4.69) is 5.32 Å². The number of non-ortho nitro benzene ring substituents is 1. The number of hydrogen-bond donors (Lipinski definition) is 2. The fourth-order valence-corrected chi connectivity index (χ4v) is 1.33. The minimum atomic E-state index is -0.469. The zero-order chi connectivity index (χ0) is 12.1. The van der Waals surface area contributed by atoms with Crippen LogP contribution in [0.5, 0.6) is 0 Å². The zero-order valence-corrected chi connectivity index (χ0v) is 8.77. The maximum absolute atomic E-state index is 11.1. The number of nitrogens with one attached hydrogen (secondary N) is 1.